The maximum Gasteiger partial charge on any atom is 0.322 e. The minimum Gasteiger partial charge on any atom is -0.336 e. The van der Waals surface area contributed by atoms with Crippen molar-refractivity contribution < 1.29 is 9.32 Å². The van der Waals surface area contributed by atoms with Gasteiger partial charge in [-0.25, -0.2) is 4.79 Å². The number of anilines is 1. The Morgan fingerprint density at radius 1 is 1.21 bits per heavy atom. The first-order valence-corrected chi connectivity index (χ1v) is 9.80. The summed E-state index contributed by atoms with van der Waals surface area (Å²) in [5.41, 5.74) is 6.96. The standard InChI is InChI=1S/C21H22N6O2/c1-12-3-4-14(9-17(12)27-8-7-23-21(27)28)20-25-19(26-29-20)18-13(2)24-11-15-10-22-6-5-16(15)18/h3-4,9,11,22H,5-8,10H2,1-2H3,(H,23,28). The van der Waals surface area contributed by atoms with Crippen molar-refractivity contribution in [3.05, 3.63) is 46.8 Å². The minimum absolute atomic E-state index is 0.0808. The monoisotopic (exact) mass is 390 g/mol. The molecule has 0 bridgehead atoms. The van der Waals surface area contributed by atoms with Gasteiger partial charge in [0.25, 0.3) is 5.89 Å². The Kier molecular flexibility index (Phi) is 4.28. The van der Waals surface area contributed by atoms with E-state index >= 15 is 0 Å². The van der Waals surface area contributed by atoms with Crippen LogP contribution < -0.4 is 15.5 Å². The average molecular weight is 390 g/mol. The summed E-state index contributed by atoms with van der Waals surface area (Å²) in [7, 11) is 0. The molecule has 0 aliphatic carbocycles. The van der Waals surface area contributed by atoms with Gasteiger partial charge in [0.2, 0.25) is 5.82 Å². The molecule has 8 heteroatoms. The maximum atomic E-state index is 12.1. The molecule has 1 fully saturated rings. The number of hydrogen-bond acceptors (Lipinski definition) is 6. The number of aromatic nitrogens is 3. The van der Waals surface area contributed by atoms with Crippen LogP contribution in [0.4, 0.5) is 10.5 Å². The molecule has 0 atom stereocenters. The number of aryl methyl sites for hydroxylation is 2. The van der Waals surface area contributed by atoms with Gasteiger partial charge in [-0.05, 0) is 55.6 Å². The molecule has 1 aromatic carbocycles. The fourth-order valence-corrected chi connectivity index (χ4v) is 4.04. The van der Waals surface area contributed by atoms with Gasteiger partial charge in [0.05, 0.1) is 0 Å². The molecule has 2 aliphatic rings. The number of urea groups is 1. The number of benzene rings is 1. The first kappa shape index (κ1) is 17.8. The second-order valence-electron chi connectivity index (χ2n) is 7.46. The lowest BCUT2D eigenvalue weighted by molar-refractivity contribution is 0.252. The van der Waals surface area contributed by atoms with E-state index in [0.717, 1.165) is 47.6 Å². The molecule has 0 unspecified atom stereocenters. The molecule has 29 heavy (non-hydrogen) atoms. The van der Waals surface area contributed by atoms with Crippen molar-refractivity contribution in [2.45, 2.75) is 26.8 Å². The molecule has 5 rings (SSSR count). The van der Waals surface area contributed by atoms with E-state index in [2.05, 4.69) is 25.8 Å². The number of fused-ring (bicyclic) bond motifs is 1. The average Bonchev–Trinajstić information content (AvgIpc) is 3.38. The molecule has 3 aromatic rings. The van der Waals surface area contributed by atoms with Crippen molar-refractivity contribution >= 4 is 11.7 Å². The van der Waals surface area contributed by atoms with Crippen molar-refractivity contribution in [3.63, 3.8) is 0 Å². The minimum atomic E-state index is -0.0808. The Balaban J connectivity index is 1.54. The molecular weight excluding hydrogens is 368 g/mol. The Hall–Kier alpha value is -3.26. The summed E-state index contributed by atoms with van der Waals surface area (Å²) in [5, 5.41) is 10.5. The number of carbonyl (C=O) groups excluding carboxylic acids is 1. The number of nitrogens with one attached hydrogen (secondary N) is 2. The van der Waals surface area contributed by atoms with Gasteiger partial charge in [0.15, 0.2) is 0 Å². The van der Waals surface area contributed by atoms with Gasteiger partial charge in [-0.3, -0.25) is 9.88 Å². The lowest BCUT2D eigenvalue weighted by Crippen LogP contribution is -2.28. The molecule has 0 spiro atoms. The third kappa shape index (κ3) is 3.05. The van der Waals surface area contributed by atoms with E-state index in [4.69, 9.17) is 4.52 Å². The number of hydrogen-bond donors (Lipinski definition) is 2. The number of pyridine rings is 1. The van der Waals surface area contributed by atoms with Crippen LogP contribution in [0.1, 0.15) is 22.4 Å². The molecule has 4 heterocycles. The number of rotatable bonds is 3. The molecular formula is C21H22N6O2. The zero-order valence-corrected chi connectivity index (χ0v) is 16.5. The Morgan fingerprint density at radius 3 is 2.93 bits per heavy atom. The van der Waals surface area contributed by atoms with Crippen LogP contribution in [0.2, 0.25) is 0 Å². The first-order chi connectivity index (χ1) is 14.1. The van der Waals surface area contributed by atoms with Crippen molar-refractivity contribution in [3.8, 4) is 22.8 Å². The summed E-state index contributed by atoms with van der Waals surface area (Å²) in [6.45, 7) is 6.99. The predicted octanol–water partition coefficient (Wildman–Crippen LogP) is 2.59. The van der Waals surface area contributed by atoms with E-state index in [1.807, 2.05) is 38.2 Å². The van der Waals surface area contributed by atoms with E-state index in [9.17, 15) is 4.79 Å². The zero-order valence-electron chi connectivity index (χ0n) is 16.5. The Bertz CT molecular complexity index is 1110. The molecule has 2 aliphatic heterocycles. The van der Waals surface area contributed by atoms with Gasteiger partial charge in [0.1, 0.15) is 0 Å². The van der Waals surface area contributed by atoms with Crippen LogP contribution in [0.5, 0.6) is 0 Å². The molecule has 0 radical (unpaired) electrons. The largest absolute Gasteiger partial charge is 0.336 e. The summed E-state index contributed by atoms with van der Waals surface area (Å²) in [6, 6.07) is 5.78. The second-order valence-corrected chi connectivity index (χ2v) is 7.46. The van der Waals surface area contributed by atoms with Crippen LogP contribution in [0.3, 0.4) is 0 Å². The topological polar surface area (TPSA) is 96.2 Å². The van der Waals surface area contributed by atoms with Crippen molar-refractivity contribution in [1.29, 1.82) is 0 Å². The molecule has 148 valence electrons. The van der Waals surface area contributed by atoms with Crippen molar-refractivity contribution in [2.24, 2.45) is 0 Å². The van der Waals surface area contributed by atoms with Crippen LogP contribution in [-0.2, 0) is 13.0 Å². The SMILES string of the molecule is Cc1ccc(-c2nc(-c3c(C)ncc4c3CCNC4)no2)cc1N1CCNC1=O. The van der Waals surface area contributed by atoms with Crippen LogP contribution in [0.25, 0.3) is 22.8 Å². The number of carbonyl (C=O) groups is 1. The molecule has 8 nitrogen and oxygen atoms in total. The number of nitrogens with zero attached hydrogens (tertiary/aromatic N) is 4. The molecule has 1 saturated heterocycles. The van der Waals surface area contributed by atoms with Crippen molar-refractivity contribution in [1.82, 2.24) is 25.8 Å². The van der Waals surface area contributed by atoms with E-state index in [0.29, 0.717) is 24.8 Å². The van der Waals surface area contributed by atoms with E-state index in [-0.39, 0.29) is 6.03 Å². The second kappa shape index (κ2) is 6.97. The Morgan fingerprint density at radius 2 is 2.10 bits per heavy atom. The van der Waals surface area contributed by atoms with Gasteiger partial charge in [-0.15, -0.1) is 0 Å². The molecule has 2 amide bonds. The smallest absolute Gasteiger partial charge is 0.322 e. The molecule has 2 N–H and O–H groups in total. The molecule has 0 saturated carbocycles. The summed E-state index contributed by atoms with van der Waals surface area (Å²) in [6.07, 6.45) is 2.84. The van der Waals surface area contributed by atoms with Crippen LogP contribution in [0, 0.1) is 13.8 Å². The Labute approximate surface area is 168 Å². The highest BCUT2D eigenvalue weighted by Gasteiger charge is 2.25. The van der Waals surface area contributed by atoms with E-state index < -0.39 is 0 Å². The summed E-state index contributed by atoms with van der Waals surface area (Å²) >= 11 is 0. The van der Waals surface area contributed by atoms with Gasteiger partial charge in [-0.1, -0.05) is 11.2 Å². The van der Waals surface area contributed by atoms with Crippen LogP contribution in [-0.4, -0.2) is 40.8 Å². The zero-order chi connectivity index (χ0) is 20.0. The highest BCUT2D eigenvalue weighted by Crippen LogP contribution is 2.32. The highest BCUT2D eigenvalue weighted by molar-refractivity contribution is 5.95. The summed E-state index contributed by atoms with van der Waals surface area (Å²) in [5.74, 6) is 0.997. The highest BCUT2D eigenvalue weighted by atomic mass is 16.5. The molecule has 2 aromatic heterocycles. The fourth-order valence-electron chi connectivity index (χ4n) is 4.04. The van der Waals surface area contributed by atoms with Crippen LogP contribution >= 0.6 is 0 Å². The van der Waals surface area contributed by atoms with Gasteiger partial charge in [0, 0.05) is 48.3 Å². The third-order valence-corrected chi connectivity index (χ3v) is 5.59. The number of amides is 2. The van der Waals surface area contributed by atoms with E-state index in [1.165, 1.54) is 11.1 Å². The van der Waals surface area contributed by atoms with Gasteiger partial charge < -0.3 is 15.2 Å². The van der Waals surface area contributed by atoms with Gasteiger partial charge >= 0.3 is 6.03 Å². The first-order valence-electron chi connectivity index (χ1n) is 9.80. The van der Waals surface area contributed by atoms with E-state index in [1.54, 1.807) is 4.90 Å². The predicted molar refractivity (Wildman–Crippen MR) is 109 cm³/mol. The van der Waals surface area contributed by atoms with Crippen LogP contribution in [0.15, 0.2) is 28.9 Å². The maximum absolute atomic E-state index is 12.1. The quantitative estimate of drug-likeness (QED) is 0.714. The van der Waals surface area contributed by atoms with Gasteiger partial charge in [-0.2, -0.15) is 4.98 Å². The lowest BCUT2D eigenvalue weighted by atomic mass is 9.95. The lowest BCUT2D eigenvalue weighted by Gasteiger charge is -2.19. The third-order valence-electron chi connectivity index (χ3n) is 5.59. The fraction of sp³-hybridized carbons (Fsp3) is 0.333. The summed E-state index contributed by atoms with van der Waals surface area (Å²) < 4.78 is 5.61. The summed E-state index contributed by atoms with van der Waals surface area (Å²) in [4.78, 5) is 23.0. The van der Waals surface area contributed by atoms with Crippen molar-refractivity contribution in [2.75, 3.05) is 24.5 Å². The normalized spacial score (nSPS) is 16.1.